The van der Waals surface area contributed by atoms with Crippen LogP contribution in [0.25, 0.3) is 22.2 Å². The zero-order valence-electron chi connectivity index (χ0n) is 23.9. The van der Waals surface area contributed by atoms with Crippen molar-refractivity contribution in [2.75, 3.05) is 37.7 Å². The molecule has 6 nitrogen and oxygen atoms in total. The third-order valence-electron chi connectivity index (χ3n) is 9.43. The van der Waals surface area contributed by atoms with Crippen molar-refractivity contribution in [1.29, 1.82) is 0 Å². The predicted molar refractivity (Wildman–Crippen MR) is 163 cm³/mol. The number of halogens is 1. The molecule has 2 fully saturated rings. The van der Waals surface area contributed by atoms with Crippen molar-refractivity contribution in [3.05, 3.63) is 52.5 Å². The molecule has 2 aromatic carbocycles. The van der Waals surface area contributed by atoms with Crippen molar-refractivity contribution >= 4 is 34.2 Å². The summed E-state index contributed by atoms with van der Waals surface area (Å²) in [6.07, 6.45) is 8.67. The Morgan fingerprint density at radius 3 is 2.50 bits per heavy atom. The van der Waals surface area contributed by atoms with E-state index >= 15 is 0 Å². The van der Waals surface area contributed by atoms with Gasteiger partial charge in [0.05, 0.1) is 24.0 Å². The van der Waals surface area contributed by atoms with Crippen LogP contribution >= 0.6 is 11.6 Å². The molecule has 0 radical (unpaired) electrons. The maximum absolute atomic E-state index is 11.9. The van der Waals surface area contributed by atoms with Gasteiger partial charge in [0.25, 0.3) is 0 Å². The van der Waals surface area contributed by atoms with Crippen LogP contribution in [0.15, 0.2) is 36.4 Å². The number of hydrogen-bond donors (Lipinski definition) is 1. The van der Waals surface area contributed by atoms with Gasteiger partial charge in [0.1, 0.15) is 0 Å². The van der Waals surface area contributed by atoms with Gasteiger partial charge in [0.2, 0.25) is 0 Å². The van der Waals surface area contributed by atoms with E-state index in [0.717, 1.165) is 61.8 Å². The minimum atomic E-state index is -0.879. The van der Waals surface area contributed by atoms with E-state index < -0.39 is 5.97 Å². The molecule has 214 valence electrons. The number of likely N-dealkylation sites (tertiary alicyclic amines) is 1. The van der Waals surface area contributed by atoms with Crippen LogP contribution in [0.3, 0.4) is 0 Å². The minimum Gasteiger partial charge on any atom is -0.478 e. The molecule has 1 aromatic heterocycles. The van der Waals surface area contributed by atoms with Crippen molar-refractivity contribution < 1.29 is 14.6 Å². The topological polar surface area (TPSA) is 57.9 Å². The number of benzene rings is 2. The molecule has 1 saturated heterocycles. The zero-order chi connectivity index (χ0) is 27.8. The van der Waals surface area contributed by atoms with Crippen LogP contribution in [-0.4, -0.2) is 65.5 Å². The van der Waals surface area contributed by atoms with Crippen molar-refractivity contribution in [2.24, 2.45) is 0 Å². The molecule has 0 amide bonds. The number of carbonyl (C=O) groups is 1. The number of carboxylic acid groups (broad SMARTS) is 1. The molecule has 6 rings (SSSR count). The van der Waals surface area contributed by atoms with E-state index in [1.807, 2.05) is 12.1 Å². The summed E-state index contributed by atoms with van der Waals surface area (Å²) in [4.78, 5) is 16.9. The molecule has 3 heterocycles. The SMILES string of the molecule is CC(C)N1CCC(OCCN2CCn3c(c(C4CCCCC4)c4ccc(C(=O)O)cc43)-c3ccc(Cl)cc32)CC1. The summed E-state index contributed by atoms with van der Waals surface area (Å²) in [6, 6.07) is 12.6. The van der Waals surface area contributed by atoms with E-state index in [1.54, 1.807) is 6.07 Å². The summed E-state index contributed by atoms with van der Waals surface area (Å²) in [5, 5.41) is 11.7. The van der Waals surface area contributed by atoms with Crippen LogP contribution in [0, 0.1) is 0 Å². The van der Waals surface area contributed by atoms with Gasteiger partial charge in [-0.1, -0.05) is 36.9 Å². The number of carboxylic acids is 1. The smallest absolute Gasteiger partial charge is 0.335 e. The first-order chi connectivity index (χ1) is 19.4. The molecule has 7 heteroatoms. The second-order valence-corrected chi connectivity index (χ2v) is 12.6. The summed E-state index contributed by atoms with van der Waals surface area (Å²) >= 11 is 6.61. The number of fused-ring (bicyclic) bond motifs is 5. The molecular formula is C33H42ClN3O3. The predicted octanol–water partition coefficient (Wildman–Crippen LogP) is 7.42. The fourth-order valence-corrected chi connectivity index (χ4v) is 7.43. The van der Waals surface area contributed by atoms with Crippen LogP contribution in [0.5, 0.6) is 0 Å². The molecule has 0 spiro atoms. The Labute approximate surface area is 242 Å². The van der Waals surface area contributed by atoms with Gasteiger partial charge in [-0.15, -0.1) is 0 Å². The van der Waals surface area contributed by atoms with E-state index in [2.05, 4.69) is 46.4 Å². The number of nitrogens with zero attached hydrogens (tertiary/aromatic N) is 3. The second kappa shape index (κ2) is 11.8. The first-order valence-electron chi connectivity index (χ1n) is 15.2. The van der Waals surface area contributed by atoms with E-state index in [1.165, 1.54) is 54.3 Å². The third-order valence-corrected chi connectivity index (χ3v) is 9.67. The lowest BCUT2D eigenvalue weighted by molar-refractivity contribution is 0.00458. The highest BCUT2D eigenvalue weighted by Gasteiger charge is 2.31. The molecule has 1 saturated carbocycles. The molecule has 2 aliphatic heterocycles. The maximum atomic E-state index is 11.9. The molecule has 0 unspecified atom stereocenters. The largest absolute Gasteiger partial charge is 0.478 e. The highest BCUT2D eigenvalue weighted by Crippen LogP contribution is 2.47. The lowest BCUT2D eigenvalue weighted by Gasteiger charge is -2.35. The van der Waals surface area contributed by atoms with E-state index in [4.69, 9.17) is 16.3 Å². The fourth-order valence-electron chi connectivity index (χ4n) is 7.26. The van der Waals surface area contributed by atoms with Gasteiger partial charge in [0, 0.05) is 65.9 Å². The highest BCUT2D eigenvalue weighted by atomic mass is 35.5. The third kappa shape index (κ3) is 5.38. The van der Waals surface area contributed by atoms with Gasteiger partial charge >= 0.3 is 5.97 Å². The summed E-state index contributed by atoms with van der Waals surface area (Å²) in [5.41, 5.74) is 6.37. The van der Waals surface area contributed by atoms with Gasteiger partial charge in [-0.2, -0.15) is 0 Å². The van der Waals surface area contributed by atoms with Crippen molar-refractivity contribution in [1.82, 2.24) is 9.47 Å². The molecule has 1 N–H and O–H groups in total. The van der Waals surface area contributed by atoms with Gasteiger partial charge in [-0.05, 0) is 81.3 Å². The average Bonchev–Trinajstić information content (AvgIpc) is 3.20. The first kappa shape index (κ1) is 27.6. The van der Waals surface area contributed by atoms with Gasteiger partial charge in [-0.25, -0.2) is 4.79 Å². The van der Waals surface area contributed by atoms with E-state index in [0.29, 0.717) is 30.2 Å². The summed E-state index contributed by atoms with van der Waals surface area (Å²) in [7, 11) is 0. The summed E-state index contributed by atoms with van der Waals surface area (Å²) in [6.45, 7) is 9.85. The number of aromatic nitrogens is 1. The van der Waals surface area contributed by atoms with Crippen molar-refractivity contribution in [3.8, 4) is 11.3 Å². The molecule has 1 aliphatic carbocycles. The quantitative estimate of drug-likeness (QED) is 0.324. The Kier molecular flexibility index (Phi) is 8.11. The Morgan fingerprint density at radius 2 is 1.77 bits per heavy atom. The summed E-state index contributed by atoms with van der Waals surface area (Å²) < 4.78 is 8.81. The first-order valence-corrected chi connectivity index (χ1v) is 15.6. The maximum Gasteiger partial charge on any atom is 0.335 e. The van der Waals surface area contributed by atoms with Crippen LogP contribution in [0.1, 0.15) is 80.6 Å². The lowest BCUT2D eigenvalue weighted by Crippen LogP contribution is -2.41. The minimum absolute atomic E-state index is 0.325. The number of rotatable bonds is 7. The van der Waals surface area contributed by atoms with Gasteiger partial charge < -0.3 is 24.2 Å². The molecule has 3 aromatic rings. The van der Waals surface area contributed by atoms with E-state index in [9.17, 15) is 9.90 Å². The fraction of sp³-hybridized carbons (Fsp3) is 0.545. The Bertz CT molecular complexity index is 1370. The Morgan fingerprint density at radius 1 is 1.00 bits per heavy atom. The molecule has 3 aliphatic rings. The van der Waals surface area contributed by atoms with Crippen LogP contribution < -0.4 is 4.90 Å². The number of anilines is 1. The molecule has 40 heavy (non-hydrogen) atoms. The van der Waals surface area contributed by atoms with Crippen molar-refractivity contribution in [2.45, 2.75) is 83.4 Å². The zero-order valence-corrected chi connectivity index (χ0v) is 24.6. The van der Waals surface area contributed by atoms with Crippen molar-refractivity contribution in [3.63, 3.8) is 0 Å². The van der Waals surface area contributed by atoms with Gasteiger partial charge in [-0.3, -0.25) is 0 Å². The standard InChI is InChI=1S/C33H42ClN3O3/c1-22(2)35-14-12-26(13-15-35)40-19-18-36-16-17-37-30-20-24(33(38)39)8-10-27(30)31(23-6-4-3-5-7-23)32(37)28-11-9-25(34)21-29(28)36/h8-11,20-23,26H,3-7,12-19H2,1-2H3,(H,38,39). The average molecular weight is 564 g/mol. The second-order valence-electron chi connectivity index (χ2n) is 12.1. The Hall–Kier alpha value is -2.54. The highest BCUT2D eigenvalue weighted by molar-refractivity contribution is 6.31. The molecular weight excluding hydrogens is 522 g/mol. The van der Waals surface area contributed by atoms with Crippen LogP contribution in [0.4, 0.5) is 5.69 Å². The number of piperidine rings is 1. The van der Waals surface area contributed by atoms with Crippen LogP contribution in [0.2, 0.25) is 5.02 Å². The van der Waals surface area contributed by atoms with Gasteiger partial charge in [0.15, 0.2) is 0 Å². The normalized spacial score (nSPS) is 19.1. The Balaban J connectivity index is 1.33. The monoisotopic (exact) mass is 563 g/mol. The molecule has 0 bridgehead atoms. The molecule has 0 atom stereocenters. The van der Waals surface area contributed by atoms with E-state index in [-0.39, 0.29) is 0 Å². The number of ether oxygens (including phenoxy) is 1. The van der Waals surface area contributed by atoms with Crippen LogP contribution in [-0.2, 0) is 11.3 Å². The lowest BCUT2D eigenvalue weighted by atomic mass is 9.81. The number of aromatic carboxylic acids is 1. The number of hydrogen-bond acceptors (Lipinski definition) is 4. The summed E-state index contributed by atoms with van der Waals surface area (Å²) in [5.74, 6) is -0.395.